The lowest BCUT2D eigenvalue weighted by molar-refractivity contribution is 0.101. The first-order chi connectivity index (χ1) is 9.66. The number of fused-ring (bicyclic) bond motifs is 1. The van der Waals surface area contributed by atoms with Crippen molar-refractivity contribution in [2.75, 3.05) is 5.32 Å². The van der Waals surface area contributed by atoms with Gasteiger partial charge in [-0.2, -0.15) is 5.10 Å². The maximum Gasteiger partial charge on any atom is 0.261 e. The third-order valence-corrected chi connectivity index (χ3v) is 2.91. The Labute approximate surface area is 112 Å². The van der Waals surface area contributed by atoms with Crippen molar-refractivity contribution < 1.29 is 13.6 Å². The van der Waals surface area contributed by atoms with Gasteiger partial charge in [-0.1, -0.05) is 18.2 Å². The second-order valence-corrected chi connectivity index (χ2v) is 4.19. The highest BCUT2D eigenvalue weighted by molar-refractivity contribution is 6.08. The predicted octanol–water partition coefficient (Wildman–Crippen LogP) is 3.09. The Morgan fingerprint density at radius 3 is 2.55 bits per heavy atom. The molecule has 6 heteroatoms. The zero-order chi connectivity index (χ0) is 14.1. The number of H-pyrrole nitrogens is 1. The molecule has 0 unspecified atom stereocenters. The lowest BCUT2D eigenvalue weighted by Crippen LogP contribution is -2.16. The quantitative estimate of drug-likeness (QED) is 0.753. The highest BCUT2D eigenvalue weighted by Gasteiger charge is 2.18. The summed E-state index contributed by atoms with van der Waals surface area (Å²) >= 11 is 0. The van der Waals surface area contributed by atoms with Crippen LogP contribution in [-0.2, 0) is 0 Å². The van der Waals surface area contributed by atoms with Crippen LogP contribution in [-0.4, -0.2) is 16.1 Å². The molecule has 0 saturated heterocycles. The molecule has 3 aromatic rings. The van der Waals surface area contributed by atoms with E-state index in [0.29, 0.717) is 11.2 Å². The van der Waals surface area contributed by atoms with E-state index in [1.807, 2.05) is 0 Å². The minimum absolute atomic E-state index is 0.410. The minimum Gasteiger partial charge on any atom is -0.320 e. The maximum absolute atomic E-state index is 13.5. The summed E-state index contributed by atoms with van der Waals surface area (Å²) in [6.07, 6.45) is 1.59. The first-order valence-electron chi connectivity index (χ1n) is 5.84. The number of para-hydroxylation sites is 1. The van der Waals surface area contributed by atoms with E-state index in [9.17, 15) is 13.6 Å². The molecule has 1 aromatic heterocycles. The molecule has 2 aromatic carbocycles. The Balaban J connectivity index is 1.99. The molecule has 2 N–H and O–H groups in total. The summed E-state index contributed by atoms with van der Waals surface area (Å²) in [4.78, 5) is 12.0. The summed E-state index contributed by atoms with van der Waals surface area (Å²) in [5.74, 6) is -2.65. The summed E-state index contributed by atoms with van der Waals surface area (Å²) in [5.41, 5.74) is 0.397. The maximum atomic E-state index is 13.5. The van der Waals surface area contributed by atoms with Crippen molar-refractivity contribution in [2.24, 2.45) is 0 Å². The van der Waals surface area contributed by atoms with E-state index in [0.717, 1.165) is 17.5 Å². The van der Waals surface area contributed by atoms with Gasteiger partial charge in [0.1, 0.15) is 17.2 Å². The number of carbonyl (C=O) groups excluding carboxylic acids is 1. The number of hydrogen-bond donors (Lipinski definition) is 2. The van der Waals surface area contributed by atoms with Crippen molar-refractivity contribution in [2.45, 2.75) is 0 Å². The highest BCUT2D eigenvalue weighted by Crippen LogP contribution is 2.22. The van der Waals surface area contributed by atoms with Crippen molar-refractivity contribution in [3.05, 3.63) is 59.8 Å². The van der Waals surface area contributed by atoms with E-state index in [1.54, 1.807) is 24.4 Å². The Morgan fingerprint density at radius 2 is 1.80 bits per heavy atom. The van der Waals surface area contributed by atoms with E-state index in [2.05, 4.69) is 15.5 Å². The van der Waals surface area contributed by atoms with Crippen LogP contribution >= 0.6 is 0 Å². The van der Waals surface area contributed by atoms with Crippen LogP contribution in [0, 0.1) is 11.6 Å². The molecule has 0 saturated carbocycles. The molecular formula is C14H9F2N3O. The van der Waals surface area contributed by atoms with Gasteiger partial charge in [-0.15, -0.1) is 0 Å². The number of carbonyl (C=O) groups is 1. The molecule has 0 fully saturated rings. The van der Waals surface area contributed by atoms with Gasteiger partial charge in [0.25, 0.3) is 5.91 Å². The smallest absolute Gasteiger partial charge is 0.261 e. The van der Waals surface area contributed by atoms with E-state index in [-0.39, 0.29) is 0 Å². The third kappa shape index (κ3) is 2.01. The molecule has 0 radical (unpaired) electrons. The summed E-state index contributed by atoms with van der Waals surface area (Å²) in [6.45, 7) is 0. The van der Waals surface area contributed by atoms with Gasteiger partial charge in [-0.3, -0.25) is 9.89 Å². The van der Waals surface area contributed by atoms with Crippen LogP contribution in [0.3, 0.4) is 0 Å². The number of aromatic amines is 1. The van der Waals surface area contributed by atoms with Crippen LogP contribution in [0.5, 0.6) is 0 Å². The fourth-order valence-electron chi connectivity index (χ4n) is 1.97. The average Bonchev–Trinajstić information content (AvgIpc) is 2.88. The Kier molecular flexibility index (Phi) is 2.90. The van der Waals surface area contributed by atoms with Gasteiger partial charge in [0.05, 0.1) is 17.4 Å². The molecule has 3 rings (SSSR count). The number of amides is 1. The van der Waals surface area contributed by atoms with E-state index >= 15 is 0 Å². The number of halogens is 2. The lowest BCUT2D eigenvalue weighted by atomic mass is 10.1. The molecular weight excluding hydrogens is 264 g/mol. The van der Waals surface area contributed by atoms with Gasteiger partial charge in [-0.05, 0) is 18.2 Å². The molecule has 20 heavy (non-hydrogen) atoms. The minimum atomic E-state index is -0.903. The zero-order valence-corrected chi connectivity index (χ0v) is 10.2. The van der Waals surface area contributed by atoms with Crippen LogP contribution in [0.4, 0.5) is 14.5 Å². The van der Waals surface area contributed by atoms with Crippen LogP contribution in [0.15, 0.2) is 42.6 Å². The second-order valence-electron chi connectivity index (χ2n) is 4.19. The first-order valence-corrected chi connectivity index (χ1v) is 5.84. The van der Waals surface area contributed by atoms with Crippen molar-refractivity contribution >= 4 is 22.5 Å². The van der Waals surface area contributed by atoms with Gasteiger partial charge in [-0.25, -0.2) is 8.78 Å². The summed E-state index contributed by atoms with van der Waals surface area (Å²) < 4.78 is 27.1. The van der Waals surface area contributed by atoms with Crippen LogP contribution in [0.2, 0.25) is 0 Å². The predicted molar refractivity (Wildman–Crippen MR) is 70.4 cm³/mol. The molecule has 0 aliphatic heterocycles. The number of anilines is 1. The van der Waals surface area contributed by atoms with Crippen LogP contribution in [0.25, 0.3) is 10.9 Å². The van der Waals surface area contributed by atoms with Gasteiger partial charge >= 0.3 is 0 Å². The molecule has 1 heterocycles. The molecule has 0 aliphatic rings. The fraction of sp³-hybridized carbons (Fsp3) is 0. The molecule has 0 spiro atoms. The standard InChI is InChI=1S/C14H9F2N3O/c15-9-4-2-5-10(16)12(9)14(20)18-11-6-1-3-8-7-17-19-13(8)11/h1-7H,(H,17,19)(H,18,20). The van der Waals surface area contributed by atoms with Gasteiger partial charge in [0.15, 0.2) is 0 Å². The number of aromatic nitrogens is 2. The topological polar surface area (TPSA) is 57.8 Å². The largest absolute Gasteiger partial charge is 0.320 e. The lowest BCUT2D eigenvalue weighted by Gasteiger charge is -2.07. The Hall–Kier alpha value is -2.76. The van der Waals surface area contributed by atoms with E-state index < -0.39 is 23.1 Å². The Morgan fingerprint density at radius 1 is 1.10 bits per heavy atom. The van der Waals surface area contributed by atoms with Crippen molar-refractivity contribution in [3.8, 4) is 0 Å². The van der Waals surface area contributed by atoms with E-state index in [1.165, 1.54) is 6.07 Å². The molecule has 100 valence electrons. The van der Waals surface area contributed by atoms with Crippen molar-refractivity contribution in [1.29, 1.82) is 0 Å². The molecule has 4 nitrogen and oxygen atoms in total. The van der Waals surface area contributed by atoms with E-state index in [4.69, 9.17) is 0 Å². The normalized spacial score (nSPS) is 10.7. The summed E-state index contributed by atoms with van der Waals surface area (Å²) in [7, 11) is 0. The van der Waals surface area contributed by atoms with Crippen LogP contribution in [0.1, 0.15) is 10.4 Å². The van der Waals surface area contributed by atoms with Gasteiger partial charge in [0, 0.05) is 5.39 Å². The molecule has 0 aliphatic carbocycles. The monoisotopic (exact) mass is 273 g/mol. The second kappa shape index (κ2) is 4.73. The number of nitrogens with zero attached hydrogens (tertiary/aromatic N) is 1. The first kappa shape index (κ1) is 12.3. The summed E-state index contributed by atoms with van der Waals surface area (Å²) in [5, 5.41) is 9.84. The SMILES string of the molecule is O=C(Nc1cccc2cn[nH]c12)c1c(F)cccc1F. The number of benzene rings is 2. The molecule has 1 amide bonds. The third-order valence-electron chi connectivity index (χ3n) is 2.91. The van der Waals surface area contributed by atoms with Crippen molar-refractivity contribution in [1.82, 2.24) is 10.2 Å². The van der Waals surface area contributed by atoms with Gasteiger partial charge < -0.3 is 5.32 Å². The number of nitrogens with one attached hydrogen (secondary N) is 2. The average molecular weight is 273 g/mol. The highest BCUT2D eigenvalue weighted by atomic mass is 19.1. The fourth-order valence-corrected chi connectivity index (χ4v) is 1.97. The Bertz CT molecular complexity index is 778. The number of hydrogen-bond acceptors (Lipinski definition) is 2. The number of rotatable bonds is 2. The molecule has 0 atom stereocenters. The van der Waals surface area contributed by atoms with Crippen LogP contribution < -0.4 is 5.32 Å². The molecule has 0 bridgehead atoms. The zero-order valence-electron chi connectivity index (χ0n) is 10.2. The van der Waals surface area contributed by atoms with Gasteiger partial charge in [0.2, 0.25) is 0 Å². The summed E-state index contributed by atoms with van der Waals surface area (Å²) in [6, 6.07) is 8.42. The van der Waals surface area contributed by atoms with Crippen molar-refractivity contribution in [3.63, 3.8) is 0 Å².